The van der Waals surface area contributed by atoms with Gasteiger partial charge in [-0.3, -0.25) is 4.79 Å². The fourth-order valence-electron chi connectivity index (χ4n) is 4.62. The van der Waals surface area contributed by atoms with Gasteiger partial charge in [-0.05, 0) is 62.4 Å². The van der Waals surface area contributed by atoms with E-state index in [4.69, 9.17) is 9.26 Å². The molecule has 1 aromatic heterocycles. The molecule has 1 atom stereocenters. The number of rotatable bonds is 8. The quantitative estimate of drug-likeness (QED) is 0.474. The molecule has 5 rings (SSSR count). The molecule has 0 unspecified atom stereocenters. The molecule has 37 heavy (non-hydrogen) atoms. The lowest BCUT2D eigenvalue weighted by Crippen LogP contribution is -2.46. The summed E-state index contributed by atoms with van der Waals surface area (Å²) in [5.74, 6) is 0.220. The maximum Gasteiger partial charge on any atom is 0.258 e. The highest BCUT2D eigenvalue weighted by Gasteiger charge is 2.32. The summed E-state index contributed by atoms with van der Waals surface area (Å²) in [7, 11) is -3.78. The fraction of sp³-hybridized carbons (Fsp3) is 0.385. The lowest BCUT2D eigenvalue weighted by atomic mass is 10.0. The molecule has 1 aliphatic heterocycles. The average Bonchev–Trinajstić information content (AvgIpc) is 3.45. The molecule has 0 spiro atoms. The predicted molar refractivity (Wildman–Crippen MR) is 137 cm³/mol. The standard InChI is InChI=1S/C26H27N5O5S.H2/c1-16(2)35-23-10-7-17(13-18(23)14-27)26-28-25(29-36-26)21-6-3-5-20-19(21)8-9-22(20)30-37(33,34)15-24(32)31-11-4-12-31;/h3,5-7,10,13,16,22,30H,4,8-9,11-12,15H2,1-2H3;1H/t22-;/m1./s1. The van der Waals surface area contributed by atoms with Crippen molar-refractivity contribution in [2.45, 2.75) is 45.3 Å². The van der Waals surface area contributed by atoms with Gasteiger partial charge in [-0.15, -0.1) is 0 Å². The van der Waals surface area contributed by atoms with Crippen LogP contribution in [0.1, 0.15) is 50.8 Å². The molecule has 0 radical (unpaired) electrons. The van der Waals surface area contributed by atoms with Gasteiger partial charge in [-0.25, -0.2) is 13.1 Å². The summed E-state index contributed by atoms with van der Waals surface area (Å²) in [6.07, 6.45) is 2.04. The zero-order chi connectivity index (χ0) is 26.2. The van der Waals surface area contributed by atoms with E-state index in [1.807, 2.05) is 32.0 Å². The fourth-order valence-corrected chi connectivity index (χ4v) is 5.89. The van der Waals surface area contributed by atoms with Crippen molar-refractivity contribution in [2.24, 2.45) is 0 Å². The van der Waals surface area contributed by atoms with Crippen LogP contribution in [0.15, 0.2) is 40.9 Å². The lowest BCUT2D eigenvalue weighted by molar-refractivity contribution is -0.131. The minimum atomic E-state index is -3.78. The molecule has 0 saturated carbocycles. The molecular formula is C26H29N5O5S. The van der Waals surface area contributed by atoms with Gasteiger partial charge in [0.2, 0.25) is 21.8 Å². The number of aromatic nitrogens is 2. The first-order valence-corrected chi connectivity index (χ1v) is 13.8. The smallest absolute Gasteiger partial charge is 0.258 e. The zero-order valence-corrected chi connectivity index (χ0v) is 21.4. The van der Waals surface area contributed by atoms with Crippen molar-refractivity contribution >= 4 is 15.9 Å². The number of carbonyl (C=O) groups excluding carboxylic acids is 1. The van der Waals surface area contributed by atoms with Crippen LogP contribution in [0.2, 0.25) is 0 Å². The van der Waals surface area contributed by atoms with Crippen molar-refractivity contribution in [2.75, 3.05) is 18.8 Å². The number of nitrogens with zero attached hydrogens (tertiary/aromatic N) is 4. The Morgan fingerprint density at radius 2 is 2.14 bits per heavy atom. The van der Waals surface area contributed by atoms with Crippen molar-refractivity contribution in [3.63, 3.8) is 0 Å². The summed E-state index contributed by atoms with van der Waals surface area (Å²) in [5, 5.41) is 13.7. The van der Waals surface area contributed by atoms with Gasteiger partial charge in [0.25, 0.3) is 5.89 Å². The largest absolute Gasteiger partial charge is 0.490 e. The molecule has 1 amide bonds. The van der Waals surface area contributed by atoms with Gasteiger partial charge in [-0.1, -0.05) is 23.4 Å². The Morgan fingerprint density at radius 1 is 1.32 bits per heavy atom. The average molecular weight is 524 g/mol. The molecule has 2 aromatic carbocycles. The van der Waals surface area contributed by atoms with E-state index in [1.165, 1.54) is 0 Å². The number of nitriles is 1. The third-order valence-corrected chi connectivity index (χ3v) is 7.76. The summed E-state index contributed by atoms with van der Waals surface area (Å²) in [5.41, 5.74) is 3.50. The Bertz CT molecular complexity index is 1490. The Hall–Kier alpha value is -3.75. The van der Waals surface area contributed by atoms with Gasteiger partial charge in [0.05, 0.1) is 11.7 Å². The summed E-state index contributed by atoms with van der Waals surface area (Å²) in [6.45, 7) is 5.01. The first-order valence-electron chi connectivity index (χ1n) is 12.2. The van der Waals surface area contributed by atoms with Gasteiger partial charge < -0.3 is 14.2 Å². The number of hydrogen-bond donors (Lipinski definition) is 1. The number of carbonyl (C=O) groups is 1. The van der Waals surface area contributed by atoms with Crippen molar-refractivity contribution in [1.29, 1.82) is 5.26 Å². The Balaban J connectivity index is 0.00000336. The van der Waals surface area contributed by atoms with E-state index in [2.05, 4.69) is 20.9 Å². The van der Waals surface area contributed by atoms with Crippen molar-refractivity contribution in [3.05, 3.63) is 53.1 Å². The van der Waals surface area contributed by atoms with E-state index >= 15 is 0 Å². The van der Waals surface area contributed by atoms with Crippen LogP contribution in [0.4, 0.5) is 0 Å². The molecule has 1 fully saturated rings. The minimum absolute atomic E-state index is 0. The van der Waals surface area contributed by atoms with Crippen LogP contribution in [-0.2, 0) is 21.2 Å². The van der Waals surface area contributed by atoms with Crippen molar-refractivity contribution < 1.29 is 23.9 Å². The number of fused-ring (bicyclic) bond motifs is 1. The number of benzene rings is 2. The second-order valence-corrected chi connectivity index (χ2v) is 11.2. The van der Waals surface area contributed by atoms with E-state index in [-0.39, 0.29) is 19.3 Å². The number of ether oxygens (including phenoxy) is 1. The maximum atomic E-state index is 12.7. The molecule has 1 aliphatic carbocycles. The highest BCUT2D eigenvalue weighted by molar-refractivity contribution is 7.90. The van der Waals surface area contributed by atoms with E-state index < -0.39 is 21.8 Å². The Morgan fingerprint density at radius 3 is 2.84 bits per heavy atom. The van der Waals surface area contributed by atoms with Crippen LogP contribution in [0.25, 0.3) is 22.8 Å². The number of hydrogen-bond acceptors (Lipinski definition) is 8. The maximum absolute atomic E-state index is 12.7. The van der Waals surface area contributed by atoms with Gasteiger partial charge in [0.1, 0.15) is 17.6 Å². The molecule has 194 valence electrons. The second-order valence-electron chi connectivity index (χ2n) is 9.49. The summed E-state index contributed by atoms with van der Waals surface area (Å²) >= 11 is 0. The first-order chi connectivity index (χ1) is 17.7. The lowest BCUT2D eigenvalue weighted by Gasteiger charge is -2.30. The highest BCUT2D eigenvalue weighted by atomic mass is 32.2. The van der Waals surface area contributed by atoms with Crippen LogP contribution in [-0.4, -0.2) is 54.3 Å². The van der Waals surface area contributed by atoms with Gasteiger partial charge in [0.15, 0.2) is 0 Å². The number of likely N-dealkylation sites (tertiary alicyclic amines) is 1. The number of sulfonamides is 1. The SMILES string of the molecule is CC(C)Oc1ccc(-c2nc(-c3cccc4c3CC[C@H]4NS(=O)(=O)CC(=O)N3CCC3)no2)cc1C#N.[HH]. The molecule has 10 nitrogen and oxygen atoms in total. The first kappa shape index (κ1) is 24.9. The van der Waals surface area contributed by atoms with Crippen LogP contribution in [0, 0.1) is 11.3 Å². The molecule has 0 bridgehead atoms. The van der Waals surface area contributed by atoms with Gasteiger partial charge in [-0.2, -0.15) is 10.2 Å². The van der Waals surface area contributed by atoms with E-state index in [1.54, 1.807) is 23.1 Å². The summed E-state index contributed by atoms with van der Waals surface area (Å²) < 4.78 is 39.2. The highest BCUT2D eigenvalue weighted by Crippen LogP contribution is 2.38. The second kappa shape index (κ2) is 9.95. The summed E-state index contributed by atoms with van der Waals surface area (Å²) in [4.78, 5) is 18.3. The van der Waals surface area contributed by atoms with Crippen LogP contribution >= 0.6 is 0 Å². The molecule has 11 heteroatoms. The van der Waals surface area contributed by atoms with Crippen LogP contribution in [0.5, 0.6) is 5.75 Å². The third-order valence-electron chi connectivity index (χ3n) is 6.49. The van der Waals surface area contributed by atoms with Crippen molar-refractivity contribution in [1.82, 2.24) is 19.8 Å². The molecule has 1 N–H and O–H groups in total. The molecule has 2 heterocycles. The third kappa shape index (κ3) is 5.21. The Kier molecular flexibility index (Phi) is 6.70. The molecular weight excluding hydrogens is 494 g/mol. The number of nitrogens with one attached hydrogen (secondary N) is 1. The van der Waals surface area contributed by atoms with E-state index in [9.17, 15) is 18.5 Å². The molecule has 2 aliphatic rings. The molecule has 1 saturated heterocycles. The normalized spacial score (nSPS) is 16.8. The van der Waals surface area contributed by atoms with Crippen LogP contribution in [0.3, 0.4) is 0 Å². The number of amides is 1. The van der Waals surface area contributed by atoms with Gasteiger partial charge in [0, 0.05) is 31.7 Å². The molecule has 3 aromatic rings. The topological polar surface area (TPSA) is 138 Å². The zero-order valence-electron chi connectivity index (χ0n) is 20.6. The van der Waals surface area contributed by atoms with Gasteiger partial charge >= 0.3 is 0 Å². The van der Waals surface area contributed by atoms with Crippen LogP contribution < -0.4 is 9.46 Å². The van der Waals surface area contributed by atoms with Crippen molar-refractivity contribution in [3.8, 4) is 34.7 Å². The van der Waals surface area contributed by atoms with E-state index in [0.717, 1.165) is 23.1 Å². The monoisotopic (exact) mass is 523 g/mol. The predicted octanol–water partition coefficient (Wildman–Crippen LogP) is 3.45. The van der Waals surface area contributed by atoms with E-state index in [0.29, 0.717) is 48.6 Å². The minimum Gasteiger partial charge on any atom is -0.490 e. The summed E-state index contributed by atoms with van der Waals surface area (Å²) in [6, 6.07) is 12.4. The Labute approximate surface area is 216 Å².